The van der Waals surface area contributed by atoms with E-state index >= 15 is 0 Å². The smallest absolute Gasteiger partial charge is 0.235 e. The van der Waals surface area contributed by atoms with E-state index in [1.54, 1.807) is 0 Å². The molecule has 3 atom stereocenters. The molecule has 0 radical (unpaired) electrons. The Morgan fingerprint density at radius 1 is 1.33 bits per heavy atom. The van der Waals surface area contributed by atoms with Gasteiger partial charge in [-0.2, -0.15) is 0 Å². The van der Waals surface area contributed by atoms with Gasteiger partial charge in [0, 0.05) is 11.6 Å². The maximum absolute atomic E-state index is 12.3. The summed E-state index contributed by atoms with van der Waals surface area (Å²) in [6.07, 6.45) is 6.46. The normalized spacial score (nSPS) is 43.6. The van der Waals surface area contributed by atoms with Crippen LogP contribution in [0.1, 0.15) is 33.1 Å². The van der Waals surface area contributed by atoms with Crippen molar-refractivity contribution in [3.8, 4) is 0 Å². The Hall–Kier alpha value is -0.840. The maximum atomic E-state index is 12.3. The fourth-order valence-corrected chi connectivity index (χ4v) is 7.08. The Kier molecular flexibility index (Phi) is 2.29. The Morgan fingerprint density at radius 3 is 2.67 bits per heavy atom. The molecule has 5 heteroatoms. The van der Waals surface area contributed by atoms with E-state index < -0.39 is 10.0 Å². The minimum absolute atomic E-state index is 0.0625. The van der Waals surface area contributed by atoms with Gasteiger partial charge in [-0.15, -0.1) is 0 Å². The van der Waals surface area contributed by atoms with Gasteiger partial charge in [0.2, 0.25) is 10.0 Å². The number of hydrogen-bond donors (Lipinski definition) is 0. The fourth-order valence-electron chi connectivity index (χ4n) is 4.64. The first-order valence-corrected chi connectivity index (χ1v) is 8.09. The summed E-state index contributed by atoms with van der Waals surface area (Å²) in [7, 11) is -3.25. The van der Waals surface area contributed by atoms with Crippen LogP contribution in [0.4, 0.5) is 0 Å². The third-order valence-electron chi connectivity index (χ3n) is 5.77. The molecule has 100 valence electrons. The van der Waals surface area contributed by atoms with Crippen molar-refractivity contribution in [3.05, 3.63) is 12.3 Å². The van der Waals surface area contributed by atoms with E-state index in [1.165, 1.54) is 16.6 Å². The molecule has 0 aromatic heterocycles. The first kappa shape index (κ1) is 12.2. The molecule has 3 rings (SSSR count). The summed E-state index contributed by atoms with van der Waals surface area (Å²) >= 11 is 0. The number of rotatable bonds is 2. The molecule has 18 heavy (non-hydrogen) atoms. The molecule has 3 unspecified atom stereocenters. The predicted molar refractivity (Wildman–Crippen MR) is 68.2 cm³/mol. The quantitative estimate of drug-likeness (QED) is 0.564. The van der Waals surface area contributed by atoms with Crippen LogP contribution in [-0.4, -0.2) is 30.8 Å². The lowest BCUT2D eigenvalue weighted by atomic mass is 9.69. The second-order valence-corrected chi connectivity index (χ2v) is 8.30. The average Bonchev–Trinajstić information content (AvgIpc) is 2.73. The second kappa shape index (κ2) is 3.38. The molecule has 1 spiro atoms. The van der Waals surface area contributed by atoms with Crippen molar-refractivity contribution in [2.45, 2.75) is 39.2 Å². The highest BCUT2D eigenvalue weighted by Crippen LogP contribution is 2.69. The minimum Gasteiger partial charge on any atom is -0.299 e. The molecule has 1 aliphatic heterocycles. The van der Waals surface area contributed by atoms with Gasteiger partial charge in [-0.3, -0.25) is 9.10 Å². The molecule has 4 nitrogen and oxygen atoms in total. The summed E-state index contributed by atoms with van der Waals surface area (Å²) in [4.78, 5) is 10.4. The summed E-state index contributed by atoms with van der Waals surface area (Å²) in [5, 5.41) is 0. The molecular formula is C13H19NO3S. The van der Waals surface area contributed by atoms with Gasteiger partial charge in [-0.1, -0.05) is 13.8 Å². The number of carbonyl (C=O) groups is 1. The fraction of sp³-hybridized carbons (Fsp3) is 0.769. The Balaban J connectivity index is 2.08. The van der Waals surface area contributed by atoms with Gasteiger partial charge in [0.05, 0.1) is 11.8 Å². The largest absolute Gasteiger partial charge is 0.299 e. The molecule has 0 aromatic rings. The predicted octanol–water partition coefficient (Wildman–Crippen LogP) is 1.54. The molecule has 0 N–H and O–H groups in total. The molecule has 0 amide bonds. The topological polar surface area (TPSA) is 54.5 Å². The van der Waals surface area contributed by atoms with Gasteiger partial charge < -0.3 is 0 Å². The zero-order valence-corrected chi connectivity index (χ0v) is 11.6. The average molecular weight is 269 g/mol. The van der Waals surface area contributed by atoms with Crippen LogP contribution in [0.3, 0.4) is 0 Å². The van der Waals surface area contributed by atoms with Crippen molar-refractivity contribution in [3.63, 3.8) is 0 Å². The number of aldehydes is 1. The SMILES string of the molecule is CC1(C)C2CCC13CS(=O)(=O)N(C=CC=O)C3C2. The van der Waals surface area contributed by atoms with Crippen LogP contribution in [-0.2, 0) is 14.8 Å². The highest BCUT2D eigenvalue weighted by molar-refractivity contribution is 7.89. The Bertz CT molecular complexity index is 522. The maximum Gasteiger partial charge on any atom is 0.235 e. The molecule has 3 aliphatic rings. The zero-order chi connectivity index (χ0) is 13.2. The van der Waals surface area contributed by atoms with Crippen LogP contribution in [0.15, 0.2) is 12.3 Å². The third-order valence-corrected chi connectivity index (χ3v) is 7.67. The first-order chi connectivity index (χ1) is 8.35. The third kappa shape index (κ3) is 1.21. The van der Waals surface area contributed by atoms with Gasteiger partial charge in [0.15, 0.2) is 0 Å². The highest BCUT2D eigenvalue weighted by atomic mass is 32.2. The first-order valence-electron chi connectivity index (χ1n) is 6.48. The molecular weight excluding hydrogens is 250 g/mol. The number of nitrogens with zero attached hydrogens (tertiary/aromatic N) is 1. The van der Waals surface area contributed by atoms with Crippen LogP contribution in [0, 0.1) is 16.7 Å². The summed E-state index contributed by atoms with van der Waals surface area (Å²) < 4.78 is 26.1. The second-order valence-electron chi connectivity index (χ2n) is 6.43. The van der Waals surface area contributed by atoms with E-state index in [1.807, 2.05) is 0 Å². The number of sulfonamides is 1. The van der Waals surface area contributed by atoms with Crippen molar-refractivity contribution >= 4 is 16.3 Å². The lowest BCUT2D eigenvalue weighted by molar-refractivity contribution is -0.104. The minimum atomic E-state index is -3.25. The van der Waals surface area contributed by atoms with Crippen LogP contribution in [0.2, 0.25) is 0 Å². The standard InChI is InChI=1S/C13H19NO3S/c1-12(2)10-4-5-13(12)9-18(16,17)14(6-3-7-15)11(13)8-10/h3,6-7,10-11H,4-5,8-9H2,1-2H3. The lowest BCUT2D eigenvalue weighted by Crippen LogP contribution is -2.40. The van der Waals surface area contributed by atoms with Gasteiger partial charge in [0.1, 0.15) is 6.29 Å². The van der Waals surface area contributed by atoms with Gasteiger partial charge >= 0.3 is 0 Å². The van der Waals surface area contributed by atoms with E-state index in [9.17, 15) is 13.2 Å². The summed E-state index contributed by atoms with van der Waals surface area (Å²) in [5.41, 5.74) is -0.0156. The lowest BCUT2D eigenvalue weighted by Gasteiger charge is -2.36. The zero-order valence-electron chi connectivity index (χ0n) is 10.8. The van der Waals surface area contributed by atoms with Crippen LogP contribution < -0.4 is 0 Å². The molecule has 1 heterocycles. The van der Waals surface area contributed by atoms with Gasteiger partial charge in [-0.05, 0) is 36.7 Å². The summed E-state index contributed by atoms with van der Waals surface area (Å²) in [6.45, 7) is 4.43. The van der Waals surface area contributed by atoms with Crippen LogP contribution in [0.25, 0.3) is 0 Å². The molecule has 2 saturated carbocycles. The monoisotopic (exact) mass is 269 g/mol. The van der Waals surface area contributed by atoms with Crippen LogP contribution >= 0.6 is 0 Å². The van der Waals surface area contributed by atoms with Crippen molar-refractivity contribution in [1.82, 2.24) is 4.31 Å². The Morgan fingerprint density at radius 2 is 2.06 bits per heavy atom. The Labute approximate surface area is 108 Å². The van der Waals surface area contributed by atoms with Crippen molar-refractivity contribution in [2.75, 3.05) is 5.75 Å². The van der Waals surface area contributed by atoms with E-state index in [0.29, 0.717) is 12.2 Å². The highest BCUT2D eigenvalue weighted by Gasteiger charge is 2.70. The number of allylic oxidation sites excluding steroid dienone is 1. The molecule has 0 aromatic carbocycles. The van der Waals surface area contributed by atoms with E-state index in [2.05, 4.69) is 13.8 Å². The van der Waals surface area contributed by atoms with Crippen molar-refractivity contribution < 1.29 is 13.2 Å². The van der Waals surface area contributed by atoms with Gasteiger partial charge in [-0.25, -0.2) is 8.42 Å². The molecule has 3 fully saturated rings. The number of fused-ring (bicyclic) bond motifs is 1. The van der Waals surface area contributed by atoms with E-state index in [4.69, 9.17) is 0 Å². The van der Waals surface area contributed by atoms with E-state index in [0.717, 1.165) is 19.3 Å². The number of carbonyl (C=O) groups excluding carboxylic acids is 1. The van der Waals surface area contributed by atoms with E-state index in [-0.39, 0.29) is 22.6 Å². The summed E-state index contributed by atoms with van der Waals surface area (Å²) in [6, 6.07) is 0.0625. The van der Waals surface area contributed by atoms with Crippen molar-refractivity contribution in [2.24, 2.45) is 16.7 Å². The summed E-state index contributed by atoms with van der Waals surface area (Å²) in [5.74, 6) is 0.863. The number of hydrogen-bond acceptors (Lipinski definition) is 3. The molecule has 2 bridgehead atoms. The van der Waals surface area contributed by atoms with Crippen LogP contribution in [0.5, 0.6) is 0 Å². The molecule has 1 saturated heterocycles. The molecule has 2 aliphatic carbocycles. The van der Waals surface area contributed by atoms with Gasteiger partial charge in [0.25, 0.3) is 0 Å². The van der Waals surface area contributed by atoms with Crippen molar-refractivity contribution in [1.29, 1.82) is 0 Å².